The van der Waals surface area contributed by atoms with Gasteiger partial charge in [-0.3, -0.25) is 0 Å². The van der Waals surface area contributed by atoms with Crippen molar-refractivity contribution in [2.24, 2.45) is 5.92 Å². The second kappa shape index (κ2) is 9.74. The Morgan fingerprint density at radius 2 is 1.95 bits per heavy atom. The van der Waals surface area contributed by atoms with E-state index in [2.05, 4.69) is 67.1 Å². The Morgan fingerprint density at radius 3 is 2.48 bits per heavy atom. The third-order valence-corrected chi connectivity index (χ3v) is 3.43. The molecule has 0 atom stereocenters. The smallest absolute Gasteiger partial charge is 0.128 e. The first-order valence-corrected chi connectivity index (χ1v) is 8.08. The van der Waals surface area contributed by atoms with Crippen LogP contribution in [0, 0.1) is 5.92 Å². The summed E-state index contributed by atoms with van der Waals surface area (Å²) >= 11 is 0. The molecule has 0 aliphatic rings. The molecule has 0 aromatic carbocycles. The number of rotatable bonds is 10. The van der Waals surface area contributed by atoms with Gasteiger partial charge in [-0.25, -0.2) is 4.98 Å². The van der Waals surface area contributed by atoms with Crippen molar-refractivity contribution in [2.45, 2.75) is 33.7 Å². The average molecular weight is 292 g/mol. The van der Waals surface area contributed by atoms with Crippen molar-refractivity contribution < 1.29 is 0 Å². The van der Waals surface area contributed by atoms with Gasteiger partial charge in [0.15, 0.2) is 0 Å². The van der Waals surface area contributed by atoms with Crippen molar-refractivity contribution in [1.29, 1.82) is 0 Å². The minimum atomic E-state index is 0.685. The minimum absolute atomic E-state index is 0.685. The molecule has 4 heteroatoms. The molecular weight excluding hydrogens is 260 g/mol. The highest BCUT2D eigenvalue weighted by molar-refractivity contribution is 5.39. The zero-order valence-corrected chi connectivity index (χ0v) is 14.4. The SMILES string of the molecule is CCN(CCCN(C)C)c1ccc(CNCC(C)C)cn1. The fraction of sp³-hybridized carbons (Fsp3) is 0.706. The molecule has 0 amide bonds. The summed E-state index contributed by atoms with van der Waals surface area (Å²) in [6, 6.07) is 4.33. The highest BCUT2D eigenvalue weighted by Crippen LogP contribution is 2.11. The largest absolute Gasteiger partial charge is 0.357 e. The molecule has 1 heterocycles. The molecule has 0 aliphatic carbocycles. The molecule has 0 saturated carbocycles. The van der Waals surface area contributed by atoms with Gasteiger partial charge in [-0.05, 0) is 58.1 Å². The third kappa shape index (κ3) is 7.44. The number of nitrogens with one attached hydrogen (secondary N) is 1. The predicted molar refractivity (Wildman–Crippen MR) is 91.8 cm³/mol. The lowest BCUT2D eigenvalue weighted by Gasteiger charge is -2.23. The lowest BCUT2D eigenvalue weighted by Crippen LogP contribution is -2.27. The fourth-order valence-corrected chi connectivity index (χ4v) is 2.23. The first kappa shape index (κ1) is 17.9. The van der Waals surface area contributed by atoms with Crippen molar-refractivity contribution >= 4 is 5.82 Å². The second-order valence-electron chi connectivity index (χ2n) is 6.29. The van der Waals surface area contributed by atoms with E-state index in [0.717, 1.165) is 38.5 Å². The van der Waals surface area contributed by atoms with Gasteiger partial charge in [0, 0.05) is 25.8 Å². The molecule has 1 N–H and O–H groups in total. The normalized spacial score (nSPS) is 11.4. The van der Waals surface area contributed by atoms with Crippen LogP contribution in [0.3, 0.4) is 0 Å². The van der Waals surface area contributed by atoms with Crippen LogP contribution >= 0.6 is 0 Å². The molecule has 0 bridgehead atoms. The van der Waals surface area contributed by atoms with Gasteiger partial charge in [0.2, 0.25) is 0 Å². The molecule has 0 aliphatic heterocycles. The maximum absolute atomic E-state index is 4.62. The maximum atomic E-state index is 4.62. The van der Waals surface area contributed by atoms with E-state index >= 15 is 0 Å². The fourth-order valence-electron chi connectivity index (χ4n) is 2.23. The zero-order valence-electron chi connectivity index (χ0n) is 14.4. The number of pyridine rings is 1. The quantitative estimate of drug-likeness (QED) is 0.718. The molecular formula is C17H32N4. The standard InChI is InChI=1S/C17H32N4/c1-6-21(11-7-10-20(4)5)17-9-8-16(14-19-17)13-18-12-15(2)3/h8-9,14-15,18H,6-7,10-13H2,1-5H3. The monoisotopic (exact) mass is 292 g/mol. The molecule has 120 valence electrons. The zero-order chi connectivity index (χ0) is 15.7. The van der Waals surface area contributed by atoms with Crippen molar-refractivity contribution in [3.8, 4) is 0 Å². The summed E-state index contributed by atoms with van der Waals surface area (Å²) in [5.74, 6) is 1.77. The van der Waals surface area contributed by atoms with Crippen molar-refractivity contribution in [3.05, 3.63) is 23.9 Å². The highest BCUT2D eigenvalue weighted by atomic mass is 15.2. The summed E-state index contributed by atoms with van der Waals surface area (Å²) in [7, 11) is 4.24. The van der Waals surface area contributed by atoms with Crippen molar-refractivity contribution in [1.82, 2.24) is 15.2 Å². The average Bonchev–Trinajstić information content (AvgIpc) is 2.44. The molecule has 0 radical (unpaired) electrons. The Bertz CT molecular complexity index is 373. The lowest BCUT2D eigenvalue weighted by molar-refractivity contribution is 0.400. The van der Waals surface area contributed by atoms with E-state index in [1.165, 1.54) is 12.0 Å². The van der Waals surface area contributed by atoms with Crippen LogP contribution in [0.25, 0.3) is 0 Å². The van der Waals surface area contributed by atoms with E-state index in [9.17, 15) is 0 Å². The van der Waals surface area contributed by atoms with Crippen LogP contribution in [-0.4, -0.2) is 50.2 Å². The van der Waals surface area contributed by atoms with Gasteiger partial charge in [-0.2, -0.15) is 0 Å². The van der Waals surface area contributed by atoms with E-state index in [1.807, 2.05) is 6.20 Å². The Kier molecular flexibility index (Phi) is 8.31. The summed E-state index contributed by atoms with van der Waals surface area (Å²) in [4.78, 5) is 9.19. The van der Waals surface area contributed by atoms with E-state index in [4.69, 9.17) is 0 Å². The van der Waals surface area contributed by atoms with Crippen LogP contribution in [0.15, 0.2) is 18.3 Å². The van der Waals surface area contributed by atoms with Gasteiger partial charge in [0.05, 0.1) is 0 Å². The molecule has 0 saturated heterocycles. The van der Waals surface area contributed by atoms with Gasteiger partial charge >= 0.3 is 0 Å². The van der Waals surface area contributed by atoms with E-state index in [-0.39, 0.29) is 0 Å². The number of aromatic nitrogens is 1. The van der Waals surface area contributed by atoms with E-state index < -0.39 is 0 Å². The molecule has 0 spiro atoms. The molecule has 1 rings (SSSR count). The summed E-state index contributed by atoms with van der Waals surface area (Å²) in [5, 5.41) is 3.45. The minimum Gasteiger partial charge on any atom is -0.357 e. The van der Waals surface area contributed by atoms with Crippen LogP contribution in [-0.2, 0) is 6.54 Å². The molecule has 1 aromatic rings. The first-order chi connectivity index (χ1) is 10.0. The molecule has 0 unspecified atom stereocenters. The van der Waals surface area contributed by atoms with E-state index in [0.29, 0.717) is 5.92 Å². The Hall–Kier alpha value is -1.13. The van der Waals surface area contributed by atoms with Crippen LogP contribution in [0.1, 0.15) is 32.8 Å². The van der Waals surface area contributed by atoms with E-state index in [1.54, 1.807) is 0 Å². The van der Waals surface area contributed by atoms with Crippen LogP contribution in [0.5, 0.6) is 0 Å². The Morgan fingerprint density at radius 1 is 1.19 bits per heavy atom. The summed E-state index contributed by atoms with van der Waals surface area (Å²) in [6.45, 7) is 11.8. The predicted octanol–water partition coefficient (Wildman–Crippen LogP) is 2.61. The molecule has 0 fully saturated rings. The van der Waals surface area contributed by atoms with Crippen molar-refractivity contribution in [2.75, 3.05) is 45.2 Å². The second-order valence-corrected chi connectivity index (χ2v) is 6.29. The number of anilines is 1. The van der Waals surface area contributed by atoms with Crippen LogP contribution in [0.4, 0.5) is 5.82 Å². The number of hydrogen-bond acceptors (Lipinski definition) is 4. The first-order valence-electron chi connectivity index (χ1n) is 8.08. The maximum Gasteiger partial charge on any atom is 0.128 e. The Balaban J connectivity index is 2.46. The lowest BCUT2D eigenvalue weighted by atomic mass is 10.2. The van der Waals surface area contributed by atoms with Gasteiger partial charge in [-0.15, -0.1) is 0 Å². The van der Waals surface area contributed by atoms with Gasteiger partial charge < -0.3 is 15.1 Å². The highest BCUT2D eigenvalue weighted by Gasteiger charge is 2.06. The molecule has 21 heavy (non-hydrogen) atoms. The summed E-state index contributed by atoms with van der Waals surface area (Å²) in [5.41, 5.74) is 1.25. The summed E-state index contributed by atoms with van der Waals surface area (Å²) < 4.78 is 0. The van der Waals surface area contributed by atoms with Crippen LogP contribution < -0.4 is 10.2 Å². The Labute approximate surface area is 130 Å². The third-order valence-electron chi connectivity index (χ3n) is 3.43. The summed E-state index contributed by atoms with van der Waals surface area (Å²) in [6.07, 6.45) is 3.16. The van der Waals surface area contributed by atoms with Crippen LogP contribution in [0.2, 0.25) is 0 Å². The van der Waals surface area contributed by atoms with Crippen molar-refractivity contribution in [3.63, 3.8) is 0 Å². The molecule has 1 aromatic heterocycles. The van der Waals surface area contributed by atoms with Gasteiger partial charge in [0.1, 0.15) is 5.82 Å². The molecule has 4 nitrogen and oxygen atoms in total. The number of nitrogens with zero attached hydrogens (tertiary/aromatic N) is 3. The van der Waals surface area contributed by atoms with Gasteiger partial charge in [0.25, 0.3) is 0 Å². The van der Waals surface area contributed by atoms with Gasteiger partial charge in [-0.1, -0.05) is 19.9 Å². The number of hydrogen-bond donors (Lipinski definition) is 1. The topological polar surface area (TPSA) is 31.4 Å².